The predicted octanol–water partition coefficient (Wildman–Crippen LogP) is 3.60. The van der Waals surface area contributed by atoms with E-state index in [9.17, 15) is 9.18 Å². The number of ether oxygens (including phenoxy) is 1. The quantitative estimate of drug-likeness (QED) is 0.849. The van der Waals surface area contributed by atoms with Crippen molar-refractivity contribution in [3.63, 3.8) is 0 Å². The number of methoxy groups -OCH3 is 1. The van der Waals surface area contributed by atoms with Crippen molar-refractivity contribution in [1.29, 1.82) is 0 Å². The van der Waals surface area contributed by atoms with E-state index >= 15 is 0 Å². The second-order valence-electron chi connectivity index (χ2n) is 5.29. The number of esters is 1. The van der Waals surface area contributed by atoms with Gasteiger partial charge in [-0.25, -0.2) is 9.18 Å². The molecule has 0 radical (unpaired) electrons. The maximum absolute atomic E-state index is 13.5. The molecular formula is C15H20FNO2. The SMILES string of the molecule is COC(=O)c1cc(NC2CCC(C)CC2)ccc1F. The van der Waals surface area contributed by atoms with E-state index in [1.54, 1.807) is 6.07 Å². The molecule has 1 aliphatic carbocycles. The van der Waals surface area contributed by atoms with Gasteiger partial charge in [0, 0.05) is 11.7 Å². The first-order valence-corrected chi connectivity index (χ1v) is 6.74. The monoisotopic (exact) mass is 265 g/mol. The van der Waals surface area contributed by atoms with E-state index in [1.165, 1.54) is 32.1 Å². The molecule has 0 aliphatic heterocycles. The molecule has 4 heteroatoms. The van der Waals surface area contributed by atoms with Gasteiger partial charge in [0.15, 0.2) is 0 Å². The Kier molecular flexibility index (Phi) is 4.40. The fourth-order valence-corrected chi connectivity index (χ4v) is 2.52. The van der Waals surface area contributed by atoms with Gasteiger partial charge in [0.2, 0.25) is 0 Å². The topological polar surface area (TPSA) is 38.3 Å². The second-order valence-corrected chi connectivity index (χ2v) is 5.29. The van der Waals surface area contributed by atoms with E-state index in [-0.39, 0.29) is 5.56 Å². The first kappa shape index (κ1) is 13.8. The number of benzene rings is 1. The molecule has 1 aromatic carbocycles. The summed E-state index contributed by atoms with van der Waals surface area (Å²) in [5.41, 5.74) is 0.762. The summed E-state index contributed by atoms with van der Waals surface area (Å²) in [5.74, 6) is -0.398. The van der Waals surface area contributed by atoms with E-state index in [2.05, 4.69) is 17.0 Å². The van der Waals surface area contributed by atoms with Crippen LogP contribution < -0.4 is 5.32 Å². The Bertz CT molecular complexity index is 453. The zero-order chi connectivity index (χ0) is 13.8. The van der Waals surface area contributed by atoms with Crippen LogP contribution in [0.1, 0.15) is 43.0 Å². The number of nitrogens with one attached hydrogen (secondary N) is 1. The zero-order valence-electron chi connectivity index (χ0n) is 11.4. The third kappa shape index (κ3) is 3.46. The van der Waals surface area contributed by atoms with Crippen LogP contribution >= 0.6 is 0 Å². The van der Waals surface area contributed by atoms with Crippen LogP contribution in [0.25, 0.3) is 0 Å². The van der Waals surface area contributed by atoms with Crippen molar-refractivity contribution in [3.05, 3.63) is 29.6 Å². The summed E-state index contributed by atoms with van der Waals surface area (Å²) in [6.45, 7) is 2.27. The van der Waals surface area contributed by atoms with Crippen LogP contribution in [0.3, 0.4) is 0 Å². The smallest absolute Gasteiger partial charge is 0.340 e. The highest BCUT2D eigenvalue weighted by atomic mass is 19.1. The molecule has 104 valence electrons. The molecule has 1 aliphatic rings. The molecule has 1 saturated carbocycles. The Morgan fingerprint density at radius 3 is 2.63 bits per heavy atom. The standard InChI is InChI=1S/C15H20FNO2/c1-10-3-5-11(6-4-10)17-12-7-8-14(16)13(9-12)15(18)19-2/h7-11,17H,3-6H2,1-2H3. The van der Waals surface area contributed by atoms with Crippen LogP contribution in [0.2, 0.25) is 0 Å². The van der Waals surface area contributed by atoms with Crippen molar-refractivity contribution in [2.75, 3.05) is 12.4 Å². The lowest BCUT2D eigenvalue weighted by atomic mass is 9.87. The van der Waals surface area contributed by atoms with E-state index in [1.807, 2.05) is 0 Å². The minimum absolute atomic E-state index is 0.0170. The van der Waals surface area contributed by atoms with Gasteiger partial charge < -0.3 is 10.1 Å². The molecule has 1 aromatic rings. The van der Waals surface area contributed by atoms with Gasteiger partial charge in [-0.3, -0.25) is 0 Å². The summed E-state index contributed by atoms with van der Waals surface area (Å²) in [5, 5.41) is 3.37. The lowest BCUT2D eigenvalue weighted by Crippen LogP contribution is -2.25. The molecule has 0 amide bonds. The van der Waals surface area contributed by atoms with Crippen LogP contribution in [0.4, 0.5) is 10.1 Å². The Labute approximate surface area is 113 Å². The fraction of sp³-hybridized carbons (Fsp3) is 0.533. The van der Waals surface area contributed by atoms with Crippen molar-refractivity contribution >= 4 is 11.7 Å². The third-order valence-corrected chi connectivity index (χ3v) is 3.76. The van der Waals surface area contributed by atoms with E-state index in [4.69, 9.17) is 0 Å². The van der Waals surface area contributed by atoms with Crippen LogP contribution in [-0.4, -0.2) is 19.1 Å². The largest absolute Gasteiger partial charge is 0.465 e. The summed E-state index contributed by atoms with van der Waals surface area (Å²) in [6, 6.07) is 4.91. The number of hydrogen-bond donors (Lipinski definition) is 1. The lowest BCUT2D eigenvalue weighted by molar-refractivity contribution is 0.0595. The first-order valence-electron chi connectivity index (χ1n) is 6.74. The number of hydrogen-bond acceptors (Lipinski definition) is 3. The van der Waals surface area contributed by atoms with Gasteiger partial charge in [-0.1, -0.05) is 6.92 Å². The molecule has 0 atom stereocenters. The van der Waals surface area contributed by atoms with E-state index in [0.717, 1.165) is 24.4 Å². The number of carbonyl (C=O) groups excluding carboxylic acids is 1. The third-order valence-electron chi connectivity index (χ3n) is 3.76. The van der Waals surface area contributed by atoms with Gasteiger partial charge in [-0.2, -0.15) is 0 Å². The molecule has 0 aromatic heterocycles. The molecule has 0 unspecified atom stereocenters. The summed E-state index contributed by atoms with van der Waals surface area (Å²) in [7, 11) is 1.25. The van der Waals surface area contributed by atoms with Crippen LogP contribution in [-0.2, 0) is 4.74 Å². The zero-order valence-corrected chi connectivity index (χ0v) is 11.4. The average molecular weight is 265 g/mol. The van der Waals surface area contributed by atoms with Crippen LogP contribution in [0.15, 0.2) is 18.2 Å². The van der Waals surface area contributed by atoms with Crippen molar-refractivity contribution < 1.29 is 13.9 Å². The van der Waals surface area contributed by atoms with Gasteiger partial charge in [0.05, 0.1) is 12.7 Å². The minimum Gasteiger partial charge on any atom is -0.465 e. The molecule has 19 heavy (non-hydrogen) atoms. The summed E-state index contributed by atoms with van der Waals surface area (Å²) < 4.78 is 18.1. The average Bonchev–Trinajstić information content (AvgIpc) is 2.42. The molecule has 0 spiro atoms. The van der Waals surface area contributed by atoms with Crippen molar-refractivity contribution in [2.45, 2.75) is 38.6 Å². The maximum Gasteiger partial charge on any atom is 0.340 e. The minimum atomic E-state index is -0.640. The Morgan fingerprint density at radius 2 is 2.00 bits per heavy atom. The van der Waals surface area contributed by atoms with Crippen LogP contribution in [0, 0.1) is 11.7 Å². The Morgan fingerprint density at radius 1 is 1.32 bits per heavy atom. The second kappa shape index (κ2) is 6.04. The summed E-state index contributed by atoms with van der Waals surface area (Å²) in [4.78, 5) is 11.4. The number of carbonyl (C=O) groups is 1. The van der Waals surface area contributed by atoms with Gasteiger partial charge in [0.25, 0.3) is 0 Å². The number of halogens is 1. The fourth-order valence-electron chi connectivity index (χ4n) is 2.52. The highest BCUT2D eigenvalue weighted by molar-refractivity contribution is 5.90. The van der Waals surface area contributed by atoms with Crippen molar-refractivity contribution in [1.82, 2.24) is 0 Å². The highest BCUT2D eigenvalue weighted by Gasteiger charge is 2.19. The van der Waals surface area contributed by atoms with Crippen molar-refractivity contribution in [3.8, 4) is 0 Å². The van der Waals surface area contributed by atoms with Crippen LogP contribution in [0.5, 0.6) is 0 Å². The molecule has 0 saturated heterocycles. The van der Waals surface area contributed by atoms with Gasteiger partial charge in [-0.05, 0) is 49.8 Å². The molecule has 2 rings (SSSR count). The number of anilines is 1. The molecule has 3 nitrogen and oxygen atoms in total. The lowest BCUT2D eigenvalue weighted by Gasteiger charge is -2.27. The Balaban J connectivity index is 2.06. The van der Waals surface area contributed by atoms with Gasteiger partial charge >= 0.3 is 5.97 Å². The molecule has 0 bridgehead atoms. The van der Waals surface area contributed by atoms with Gasteiger partial charge in [0.1, 0.15) is 5.82 Å². The van der Waals surface area contributed by atoms with Crippen molar-refractivity contribution in [2.24, 2.45) is 5.92 Å². The first-order chi connectivity index (χ1) is 9.10. The van der Waals surface area contributed by atoms with E-state index in [0.29, 0.717) is 6.04 Å². The predicted molar refractivity (Wildman–Crippen MR) is 72.8 cm³/mol. The molecule has 0 heterocycles. The normalized spacial score (nSPS) is 22.9. The summed E-state index contributed by atoms with van der Waals surface area (Å²) in [6.07, 6.45) is 4.66. The molecular weight excluding hydrogens is 245 g/mol. The highest BCUT2D eigenvalue weighted by Crippen LogP contribution is 2.26. The molecule has 1 fully saturated rings. The van der Waals surface area contributed by atoms with E-state index < -0.39 is 11.8 Å². The Hall–Kier alpha value is -1.58. The van der Waals surface area contributed by atoms with Gasteiger partial charge in [-0.15, -0.1) is 0 Å². The summed E-state index contributed by atoms with van der Waals surface area (Å²) >= 11 is 0. The number of rotatable bonds is 3. The molecule has 1 N–H and O–H groups in total. The maximum atomic E-state index is 13.5.